The maximum atomic E-state index is 13.9. The van der Waals surface area contributed by atoms with E-state index in [1.54, 1.807) is 12.1 Å². The van der Waals surface area contributed by atoms with Gasteiger partial charge in [-0.3, -0.25) is 0 Å². The highest BCUT2D eigenvalue weighted by atomic mass is 79.9. The number of hydrogen-bond donors (Lipinski definition) is 1. The minimum absolute atomic E-state index is 0. The van der Waals surface area contributed by atoms with Crippen LogP contribution >= 0.6 is 40.7 Å². The third-order valence-electron chi connectivity index (χ3n) is 5.16. The Balaban J connectivity index is 0.00000480. The van der Waals surface area contributed by atoms with Gasteiger partial charge in [-0.15, -0.1) is 24.8 Å². The zero-order valence-corrected chi connectivity index (χ0v) is 22.5. The van der Waals surface area contributed by atoms with Crippen LogP contribution in [0.25, 0.3) is 0 Å². The lowest BCUT2D eigenvalue weighted by Gasteiger charge is -2.22. The predicted octanol–water partition coefficient (Wildman–Crippen LogP) is 7.39. The molecule has 0 unspecified atom stereocenters. The first-order valence-electron chi connectivity index (χ1n) is 11.2. The molecule has 0 saturated carbocycles. The summed E-state index contributed by atoms with van der Waals surface area (Å²) >= 11 is 3.54. The molecule has 0 heterocycles. The number of rotatable bonds is 15. The summed E-state index contributed by atoms with van der Waals surface area (Å²) in [5.74, 6) is 0.562. The van der Waals surface area contributed by atoms with Gasteiger partial charge in [-0.2, -0.15) is 0 Å². The predicted molar refractivity (Wildman–Crippen MR) is 142 cm³/mol. The second kappa shape index (κ2) is 18.6. The molecule has 3 nitrogen and oxygen atoms in total. The number of benzene rings is 2. The van der Waals surface area contributed by atoms with E-state index in [1.807, 2.05) is 18.2 Å². The molecule has 0 saturated heterocycles. The van der Waals surface area contributed by atoms with Crippen molar-refractivity contribution in [3.8, 4) is 5.75 Å². The van der Waals surface area contributed by atoms with E-state index in [4.69, 9.17) is 4.74 Å². The van der Waals surface area contributed by atoms with Crippen molar-refractivity contribution in [3.05, 3.63) is 63.9 Å². The molecule has 0 atom stereocenters. The van der Waals surface area contributed by atoms with Crippen LogP contribution in [-0.4, -0.2) is 31.1 Å². The molecule has 1 N–H and O–H groups in total. The number of nitrogens with zero attached hydrogens (tertiary/aromatic N) is 1. The van der Waals surface area contributed by atoms with Crippen LogP contribution in [0.2, 0.25) is 0 Å². The Bertz CT molecular complexity index is 744. The highest BCUT2D eigenvalue weighted by Gasteiger charge is 2.08. The highest BCUT2D eigenvalue weighted by molar-refractivity contribution is 9.10. The van der Waals surface area contributed by atoms with E-state index in [-0.39, 0.29) is 37.2 Å². The molecule has 7 heteroatoms. The van der Waals surface area contributed by atoms with E-state index in [0.29, 0.717) is 5.56 Å². The smallest absolute Gasteiger partial charge is 0.129 e. The van der Waals surface area contributed by atoms with Crippen molar-refractivity contribution in [2.75, 3.05) is 26.2 Å². The van der Waals surface area contributed by atoms with Gasteiger partial charge in [0.1, 0.15) is 18.2 Å². The Morgan fingerprint density at radius 2 is 1.56 bits per heavy atom. The van der Waals surface area contributed by atoms with Gasteiger partial charge in [0.05, 0.1) is 0 Å². The summed E-state index contributed by atoms with van der Waals surface area (Å²) in [4.78, 5) is 2.59. The summed E-state index contributed by atoms with van der Waals surface area (Å²) in [6.07, 6.45) is 6.18. The van der Waals surface area contributed by atoms with Gasteiger partial charge in [-0.05, 0) is 69.7 Å². The van der Waals surface area contributed by atoms with Crippen molar-refractivity contribution in [3.63, 3.8) is 0 Å². The fourth-order valence-electron chi connectivity index (χ4n) is 3.35. The molecular formula is C25H38BrCl2FN2O. The van der Waals surface area contributed by atoms with Crippen LogP contribution in [-0.2, 0) is 13.2 Å². The Morgan fingerprint density at radius 1 is 0.906 bits per heavy atom. The summed E-state index contributed by atoms with van der Waals surface area (Å²) < 4.78 is 20.8. The second-order valence-corrected chi connectivity index (χ2v) is 8.63. The maximum Gasteiger partial charge on any atom is 0.129 e. The molecule has 182 valence electrons. The molecule has 0 fully saturated rings. The third kappa shape index (κ3) is 11.9. The number of ether oxygens (including phenoxy) is 1. The number of unbranched alkanes of at least 4 members (excludes halogenated alkanes) is 2. The van der Waals surface area contributed by atoms with Gasteiger partial charge in [0, 0.05) is 22.1 Å². The molecule has 2 aromatic carbocycles. The van der Waals surface area contributed by atoms with Gasteiger partial charge in [0.2, 0.25) is 0 Å². The Hall–Kier alpha value is -0.850. The van der Waals surface area contributed by atoms with E-state index in [2.05, 4.69) is 46.1 Å². The minimum atomic E-state index is -0.231. The average Bonchev–Trinajstić information content (AvgIpc) is 2.75. The van der Waals surface area contributed by atoms with Crippen molar-refractivity contribution in [1.29, 1.82) is 0 Å². The Morgan fingerprint density at radius 3 is 2.22 bits per heavy atom. The monoisotopic (exact) mass is 550 g/mol. The largest absolute Gasteiger partial charge is 0.488 e. The second-order valence-electron chi connectivity index (χ2n) is 7.71. The van der Waals surface area contributed by atoms with Crippen molar-refractivity contribution >= 4 is 40.7 Å². The number of nitrogens with one attached hydrogen (secondary N) is 1. The molecular weight excluding hydrogens is 514 g/mol. The van der Waals surface area contributed by atoms with Gasteiger partial charge in [0.15, 0.2) is 0 Å². The molecule has 0 aliphatic rings. The molecule has 0 radical (unpaired) electrons. The molecule has 0 aliphatic heterocycles. The first kappa shape index (κ1) is 31.1. The first-order chi connectivity index (χ1) is 14.6. The van der Waals surface area contributed by atoms with Gasteiger partial charge in [-0.1, -0.05) is 60.8 Å². The van der Waals surface area contributed by atoms with Crippen LogP contribution in [0.15, 0.2) is 46.9 Å². The Kier molecular flexibility index (Phi) is 18.1. The van der Waals surface area contributed by atoms with Crippen molar-refractivity contribution in [1.82, 2.24) is 10.2 Å². The fourth-order valence-corrected chi connectivity index (χ4v) is 3.76. The summed E-state index contributed by atoms with van der Waals surface area (Å²) in [7, 11) is 0. The average molecular weight is 552 g/mol. The minimum Gasteiger partial charge on any atom is -0.488 e. The van der Waals surface area contributed by atoms with Crippen molar-refractivity contribution < 1.29 is 9.13 Å². The van der Waals surface area contributed by atoms with Gasteiger partial charge >= 0.3 is 0 Å². The van der Waals surface area contributed by atoms with Crippen LogP contribution in [0.4, 0.5) is 4.39 Å². The molecule has 32 heavy (non-hydrogen) atoms. The van der Waals surface area contributed by atoms with E-state index >= 15 is 0 Å². The van der Waals surface area contributed by atoms with E-state index in [9.17, 15) is 4.39 Å². The van der Waals surface area contributed by atoms with Crippen molar-refractivity contribution in [2.45, 2.75) is 59.1 Å². The van der Waals surface area contributed by atoms with Gasteiger partial charge in [0.25, 0.3) is 0 Å². The van der Waals surface area contributed by atoms with E-state index in [1.165, 1.54) is 44.8 Å². The SMILES string of the molecule is CCCCN(CCCC)CCCNCc1cc(Br)ccc1OCc1ccccc1F.Cl.Cl. The standard InChI is InChI=1S/C25H36BrFN2O.2ClH/c1-3-5-15-29(16-6-4-2)17-9-14-28-19-22-18-23(26)12-13-25(22)30-20-21-10-7-8-11-24(21)27;;/h7-8,10-13,18,28H,3-6,9,14-17,19-20H2,1-2H3;2*1H. The molecule has 2 aromatic rings. The first-order valence-corrected chi connectivity index (χ1v) is 12.0. The van der Waals surface area contributed by atoms with Crippen LogP contribution in [0.5, 0.6) is 5.75 Å². The van der Waals surface area contributed by atoms with E-state index < -0.39 is 0 Å². The quantitative estimate of drug-likeness (QED) is 0.233. The van der Waals surface area contributed by atoms with E-state index in [0.717, 1.165) is 41.8 Å². The van der Waals surface area contributed by atoms with Gasteiger partial charge in [-0.25, -0.2) is 4.39 Å². The summed E-state index contributed by atoms with van der Waals surface area (Å²) in [6.45, 7) is 9.98. The van der Waals surface area contributed by atoms with Crippen LogP contribution in [0.1, 0.15) is 57.1 Å². The molecule has 0 aliphatic carbocycles. The van der Waals surface area contributed by atoms with Crippen LogP contribution < -0.4 is 10.1 Å². The topological polar surface area (TPSA) is 24.5 Å². The number of hydrogen-bond acceptors (Lipinski definition) is 3. The van der Waals surface area contributed by atoms with Gasteiger partial charge < -0.3 is 15.0 Å². The summed E-state index contributed by atoms with van der Waals surface area (Å²) in [6, 6.07) is 12.7. The lowest BCUT2D eigenvalue weighted by molar-refractivity contribution is 0.260. The molecule has 0 amide bonds. The fraction of sp³-hybridized carbons (Fsp3) is 0.520. The lowest BCUT2D eigenvalue weighted by atomic mass is 10.2. The zero-order valence-electron chi connectivity index (χ0n) is 19.2. The third-order valence-corrected chi connectivity index (χ3v) is 5.66. The lowest BCUT2D eigenvalue weighted by Crippen LogP contribution is -2.29. The molecule has 0 aromatic heterocycles. The summed E-state index contributed by atoms with van der Waals surface area (Å²) in [5.41, 5.74) is 1.65. The Labute approximate surface area is 214 Å². The molecule has 0 spiro atoms. The van der Waals surface area contributed by atoms with Crippen molar-refractivity contribution in [2.24, 2.45) is 0 Å². The zero-order chi connectivity index (χ0) is 21.6. The van der Waals surface area contributed by atoms with Crippen LogP contribution in [0.3, 0.4) is 0 Å². The maximum absolute atomic E-state index is 13.9. The molecule has 0 bridgehead atoms. The summed E-state index contributed by atoms with van der Waals surface area (Å²) in [5, 5.41) is 3.54. The molecule has 2 rings (SSSR count). The normalized spacial score (nSPS) is 10.5. The number of halogens is 4. The van der Waals surface area contributed by atoms with Crippen LogP contribution in [0, 0.1) is 5.82 Å². The highest BCUT2D eigenvalue weighted by Crippen LogP contribution is 2.24.